The average molecular weight is 387 g/mol. The molecule has 0 fully saturated rings. The number of Topliss-reactive ketones (excluding diaryl/α,β-unsaturated/α-hetero) is 1. The van der Waals surface area contributed by atoms with Crippen molar-refractivity contribution in [2.75, 3.05) is 18.2 Å². The van der Waals surface area contributed by atoms with E-state index in [1.807, 2.05) is 42.7 Å². The Morgan fingerprint density at radius 3 is 2.62 bits per heavy atom. The summed E-state index contributed by atoms with van der Waals surface area (Å²) in [6, 6.07) is 14.5. The molecule has 0 aliphatic carbocycles. The summed E-state index contributed by atoms with van der Waals surface area (Å²) in [6.45, 7) is -0.326. The molecule has 26 heavy (non-hydrogen) atoms. The second kappa shape index (κ2) is 8.42. The summed E-state index contributed by atoms with van der Waals surface area (Å²) in [5, 5.41) is 2.22. The highest BCUT2D eigenvalue weighted by molar-refractivity contribution is 8.01. The fraction of sp³-hybridized carbons (Fsp3) is 0.211. The number of thioether (sulfide) groups is 2. The van der Waals surface area contributed by atoms with E-state index in [2.05, 4.69) is 5.32 Å². The zero-order valence-corrected chi connectivity index (χ0v) is 15.7. The summed E-state index contributed by atoms with van der Waals surface area (Å²) in [5.41, 5.74) is 1.24. The maximum absolute atomic E-state index is 12.1. The van der Waals surface area contributed by atoms with Gasteiger partial charge in [0.15, 0.2) is 12.4 Å². The quantitative estimate of drug-likeness (QED) is 0.464. The molecular formula is C19H17NO4S2. The largest absolute Gasteiger partial charge is 0.457 e. The van der Waals surface area contributed by atoms with Crippen molar-refractivity contribution in [3.05, 3.63) is 54.1 Å². The number of hydrogen-bond donors (Lipinski definition) is 1. The third kappa shape index (κ3) is 4.47. The Labute approximate surface area is 159 Å². The number of ketones is 1. The number of amides is 1. The minimum atomic E-state index is -0.564. The van der Waals surface area contributed by atoms with Gasteiger partial charge in [0.2, 0.25) is 5.91 Å². The lowest BCUT2D eigenvalue weighted by atomic mass is 10.1. The van der Waals surface area contributed by atoms with Crippen molar-refractivity contribution < 1.29 is 19.1 Å². The molecule has 1 heterocycles. The van der Waals surface area contributed by atoms with Gasteiger partial charge in [0.1, 0.15) is 0 Å². The Morgan fingerprint density at radius 2 is 1.88 bits per heavy atom. The van der Waals surface area contributed by atoms with E-state index in [0.29, 0.717) is 5.56 Å². The fourth-order valence-corrected chi connectivity index (χ4v) is 3.95. The highest BCUT2D eigenvalue weighted by Gasteiger charge is 2.29. The van der Waals surface area contributed by atoms with Gasteiger partial charge in [0.25, 0.3) is 0 Å². The van der Waals surface area contributed by atoms with Crippen LogP contribution in [0.15, 0.2) is 58.3 Å². The third-order valence-corrected chi connectivity index (χ3v) is 5.85. The molecule has 2 aromatic rings. The smallest absolute Gasteiger partial charge is 0.307 e. The second-order valence-corrected chi connectivity index (χ2v) is 7.73. The van der Waals surface area contributed by atoms with Crippen LogP contribution >= 0.6 is 23.5 Å². The molecular weight excluding hydrogens is 370 g/mol. The molecule has 1 atom stereocenters. The number of para-hydroxylation sites is 1. The van der Waals surface area contributed by atoms with Crippen molar-refractivity contribution in [2.24, 2.45) is 0 Å². The number of carbonyl (C=O) groups is 3. The molecule has 0 radical (unpaired) electrons. The summed E-state index contributed by atoms with van der Waals surface area (Å²) < 4.78 is 5.07. The highest BCUT2D eigenvalue weighted by atomic mass is 32.2. The summed E-state index contributed by atoms with van der Waals surface area (Å²) in [4.78, 5) is 38.2. The first kappa shape index (κ1) is 18.5. The van der Waals surface area contributed by atoms with Gasteiger partial charge in [-0.25, -0.2) is 0 Å². The van der Waals surface area contributed by atoms with Crippen LogP contribution in [0.5, 0.6) is 0 Å². The number of anilines is 1. The van der Waals surface area contributed by atoms with Crippen LogP contribution in [0.2, 0.25) is 0 Å². The van der Waals surface area contributed by atoms with Crippen molar-refractivity contribution in [2.45, 2.75) is 21.5 Å². The summed E-state index contributed by atoms with van der Waals surface area (Å²) in [6.07, 6.45) is 1.87. The van der Waals surface area contributed by atoms with Crippen LogP contribution < -0.4 is 5.32 Å². The van der Waals surface area contributed by atoms with E-state index in [1.54, 1.807) is 23.9 Å². The Bertz CT molecular complexity index is 836. The van der Waals surface area contributed by atoms with Crippen molar-refractivity contribution in [3.8, 4) is 0 Å². The Morgan fingerprint density at radius 1 is 1.15 bits per heavy atom. The van der Waals surface area contributed by atoms with E-state index in [9.17, 15) is 14.4 Å². The number of rotatable bonds is 6. The first-order valence-corrected chi connectivity index (χ1v) is 10.1. The zero-order valence-electron chi connectivity index (χ0n) is 14.1. The van der Waals surface area contributed by atoms with E-state index in [0.717, 1.165) is 15.5 Å². The SMILES string of the molecule is CSc1ccc(C(=O)COC(=O)C[C@@H]2Sc3ccccc3NC2=O)cc1. The number of esters is 1. The van der Waals surface area contributed by atoms with Gasteiger partial charge in [-0.05, 0) is 30.5 Å². The predicted molar refractivity (Wildman–Crippen MR) is 103 cm³/mol. The van der Waals surface area contributed by atoms with Crippen LogP contribution in [0.4, 0.5) is 5.69 Å². The van der Waals surface area contributed by atoms with Crippen LogP contribution in [0, 0.1) is 0 Å². The maximum Gasteiger partial charge on any atom is 0.307 e. The molecule has 5 nitrogen and oxygen atoms in total. The lowest BCUT2D eigenvalue weighted by molar-refractivity contribution is -0.143. The molecule has 0 unspecified atom stereocenters. The Hall–Kier alpha value is -2.25. The average Bonchev–Trinajstić information content (AvgIpc) is 2.66. The van der Waals surface area contributed by atoms with E-state index in [1.165, 1.54) is 11.8 Å². The topological polar surface area (TPSA) is 72.5 Å². The normalized spacial score (nSPS) is 15.7. The molecule has 3 rings (SSSR count). The standard InChI is InChI=1S/C19H17NO4S2/c1-25-13-8-6-12(7-9-13)15(21)11-24-18(22)10-17-19(23)20-14-4-2-3-5-16(14)26-17/h2-9,17H,10-11H2,1H3,(H,20,23)/t17-/m0/s1. The summed E-state index contributed by atoms with van der Waals surface area (Å²) in [7, 11) is 0. The van der Waals surface area contributed by atoms with Gasteiger partial charge in [0, 0.05) is 15.4 Å². The molecule has 7 heteroatoms. The number of fused-ring (bicyclic) bond motifs is 1. The zero-order chi connectivity index (χ0) is 18.5. The highest BCUT2D eigenvalue weighted by Crippen LogP contribution is 2.36. The Balaban J connectivity index is 1.52. The number of benzene rings is 2. The van der Waals surface area contributed by atoms with Gasteiger partial charge < -0.3 is 10.1 Å². The van der Waals surface area contributed by atoms with Crippen LogP contribution in [-0.4, -0.2) is 35.8 Å². The molecule has 1 amide bonds. The number of hydrogen-bond acceptors (Lipinski definition) is 6. The third-order valence-electron chi connectivity index (χ3n) is 3.83. The minimum Gasteiger partial charge on any atom is -0.457 e. The van der Waals surface area contributed by atoms with Crippen LogP contribution in [0.3, 0.4) is 0 Å². The van der Waals surface area contributed by atoms with Gasteiger partial charge >= 0.3 is 5.97 Å². The first-order chi connectivity index (χ1) is 12.6. The Kier molecular flexibility index (Phi) is 6.00. The van der Waals surface area contributed by atoms with Gasteiger partial charge in [0.05, 0.1) is 17.4 Å². The number of carbonyl (C=O) groups excluding carboxylic acids is 3. The monoisotopic (exact) mass is 387 g/mol. The van der Waals surface area contributed by atoms with Crippen molar-refractivity contribution >= 4 is 46.9 Å². The minimum absolute atomic E-state index is 0.0798. The molecule has 0 bridgehead atoms. The number of ether oxygens (including phenoxy) is 1. The molecule has 2 aromatic carbocycles. The molecule has 134 valence electrons. The lowest BCUT2D eigenvalue weighted by Crippen LogP contribution is -2.31. The van der Waals surface area contributed by atoms with Crippen molar-refractivity contribution in [1.29, 1.82) is 0 Å². The lowest BCUT2D eigenvalue weighted by Gasteiger charge is -2.23. The van der Waals surface area contributed by atoms with Crippen LogP contribution in [0.25, 0.3) is 0 Å². The predicted octanol–water partition coefficient (Wildman–Crippen LogP) is 3.64. The summed E-state index contributed by atoms with van der Waals surface area (Å²) in [5.74, 6) is -1.06. The van der Waals surface area contributed by atoms with E-state index >= 15 is 0 Å². The molecule has 1 N–H and O–H groups in total. The van der Waals surface area contributed by atoms with Crippen LogP contribution in [-0.2, 0) is 14.3 Å². The van der Waals surface area contributed by atoms with Gasteiger partial charge in [-0.1, -0.05) is 24.3 Å². The van der Waals surface area contributed by atoms with E-state index < -0.39 is 11.2 Å². The number of nitrogens with one attached hydrogen (secondary N) is 1. The fourth-order valence-electron chi connectivity index (χ4n) is 2.44. The van der Waals surface area contributed by atoms with Crippen molar-refractivity contribution in [1.82, 2.24) is 0 Å². The van der Waals surface area contributed by atoms with Crippen molar-refractivity contribution in [3.63, 3.8) is 0 Å². The van der Waals surface area contributed by atoms with Crippen LogP contribution in [0.1, 0.15) is 16.8 Å². The second-order valence-electron chi connectivity index (χ2n) is 5.61. The van der Waals surface area contributed by atoms with E-state index in [-0.39, 0.29) is 24.7 Å². The first-order valence-electron chi connectivity index (χ1n) is 7.96. The molecule has 1 aliphatic rings. The molecule has 1 aliphatic heterocycles. The van der Waals surface area contributed by atoms with Gasteiger partial charge in [-0.3, -0.25) is 14.4 Å². The van der Waals surface area contributed by atoms with Gasteiger partial charge in [-0.15, -0.1) is 23.5 Å². The maximum atomic E-state index is 12.1. The van der Waals surface area contributed by atoms with E-state index in [4.69, 9.17) is 4.74 Å². The molecule has 0 aromatic heterocycles. The molecule has 0 spiro atoms. The van der Waals surface area contributed by atoms with Gasteiger partial charge in [-0.2, -0.15) is 0 Å². The molecule has 0 saturated heterocycles. The summed E-state index contributed by atoms with van der Waals surface area (Å²) >= 11 is 2.91. The molecule has 0 saturated carbocycles.